The standard InChI is InChI=1S/C23H26F5NO2/c1-23(2,3)15-10-8-14(9-11-15)13-29-12-6-4-5-7-16(30)31-22-20(27)18(25)17(24)19(26)21(22)28/h8-11,29H,4-7,12-13H2,1-3H3. The maximum Gasteiger partial charge on any atom is 0.311 e. The highest BCUT2D eigenvalue weighted by molar-refractivity contribution is 5.72. The summed E-state index contributed by atoms with van der Waals surface area (Å²) in [6, 6.07) is 8.35. The molecule has 2 aromatic carbocycles. The average molecular weight is 443 g/mol. The van der Waals surface area contributed by atoms with Crippen LogP contribution in [0.4, 0.5) is 22.0 Å². The van der Waals surface area contributed by atoms with E-state index in [9.17, 15) is 26.7 Å². The van der Waals surface area contributed by atoms with Gasteiger partial charge in [-0.1, -0.05) is 51.5 Å². The molecule has 170 valence electrons. The second-order valence-corrected chi connectivity index (χ2v) is 8.31. The molecule has 0 bridgehead atoms. The van der Waals surface area contributed by atoms with E-state index in [0.717, 1.165) is 12.0 Å². The Morgan fingerprint density at radius 2 is 1.39 bits per heavy atom. The molecule has 0 unspecified atom stereocenters. The Labute approximate surface area is 178 Å². The zero-order chi connectivity index (χ0) is 23.2. The summed E-state index contributed by atoms with van der Waals surface area (Å²) in [5.41, 5.74) is 2.51. The van der Waals surface area contributed by atoms with Crippen molar-refractivity contribution in [2.45, 2.75) is 58.4 Å². The number of rotatable bonds is 9. The lowest BCUT2D eigenvalue weighted by molar-refractivity contribution is -0.135. The van der Waals surface area contributed by atoms with Crippen LogP contribution in [0, 0.1) is 29.1 Å². The van der Waals surface area contributed by atoms with Crippen LogP contribution < -0.4 is 10.1 Å². The lowest BCUT2D eigenvalue weighted by atomic mass is 9.87. The zero-order valence-electron chi connectivity index (χ0n) is 17.8. The van der Waals surface area contributed by atoms with E-state index in [1.165, 1.54) is 5.56 Å². The maximum absolute atomic E-state index is 13.5. The first-order valence-corrected chi connectivity index (χ1v) is 10.0. The molecule has 0 fully saturated rings. The second kappa shape index (κ2) is 10.7. The predicted molar refractivity (Wildman–Crippen MR) is 107 cm³/mol. The Bertz CT molecular complexity index is 879. The van der Waals surface area contributed by atoms with Crippen molar-refractivity contribution in [1.29, 1.82) is 0 Å². The first-order valence-electron chi connectivity index (χ1n) is 10.0. The Balaban J connectivity index is 1.68. The summed E-state index contributed by atoms with van der Waals surface area (Å²) >= 11 is 0. The van der Waals surface area contributed by atoms with Gasteiger partial charge in [-0.2, -0.15) is 8.78 Å². The van der Waals surface area contributed by atoms with Gasteiger partial charge in [0.2, 0.25) is 34.8 Å². The Kier molecular flexibility index (Phi) is 8.56. The van der Waals surface area contributed by atoms with Crippen molar-refractivity contribution in [2.24, 2.45) is 0 Å². The highest BCUT2D eigenvalue weighted by atomic mass is 19.2. The average Bonchev–Trinajstić information content (AvgIpc) is 2.73. The van der Waals surface area contributed by atoms with E-state index >= 15 is 0 Å². The molecule has 0 amide bonds. The SMILES string of the molecule is CC(C)(C)c1ccc(CNCCCCCC(=O)Oc2c(F)c(F)c(F)c(F)c2F)cc1. The minimum absolute atomic E-state index is 0.101. The van der Waals surface area contributed by atoms with Gasteiger partial charge < -0.3 is 10.1 Å². The van der Waals surface area contributed by atoms with Crippen LogP contribution >= 0.6 is 0 Å². The van der Waals surface area contributed by atoms with E-state index in [4.69, 9.17) is 0 Å². The molecule has 0 aliphatic carbocycles. The van der Waals surface area contributed by atoms with Gasteiger partial charge in [-0.25, -0.2) is 13.2 Å². The molecule has 0 saturated heterocycles. The van der Waals surface area contributed by atoms with Crippen LogP contribution in [0.1, 0.15) is 57.6 Å². The fourth-order valence-corrected chi connectivity index (χ4v) is 2.89. The van der Waals surface area contributed by atoms with Gasteiger partial charge in [0.1, 0.15) is 0 Å². The molecular weight excluding hydrogens is 417 g/mol. The third kappa shape index (κ3) is 6.75. The van der Waals surface area contributed by atoms with Crippen molar-refractivity contribution < 1.29 is 31.5 Å². The van der Waals surface area contributed by atoms with Crippen molar-refractivity contribution in [3.8, 4) is 5.75 Å². The number of carbonyl (C=O) groups is 1. The summed E-state index contributed by atoms with van der Waals surface area (Å²) in [5, 5.41) is 3.29. The van der Waals surface area contributed by atoms with Gasteiger partial charge in [0.05, 0.1) is 0 Å². The Morgan fingerprint density at radius 3 is 1.94 bits per heavy atom. The number of hydrogen-bond acceptors (Lipinski definition) is 3. The van der Waals surface area contributed by atoms with Crippen molar-refractivity contribution in [3.63, 3.8) is 0 Å². The molecular formula is C23H26F5NO2. The summed E-state index contributed by atoms with van der Waals surface area (Å²) in [7, 11) is 0. The smallest absolute Gasteiger partial charge is 0.311 e. The summed E-state index contributed by atoms with van der Waals surface area (Å²) in [6.45, 7) is 7.86. The summed E-state index contributed by atoms with van der Waals surface area (Å²) < 4.78 is 70.6. The van der Waals surface area contributed by atoms with E-state index in [1.807, 2.05) is 0 Å². The van der Waals surface area contributed by atoms with E-state index in [-0.39, 0.29) is 11.8 Å². The number of ether oxygens (including phenoxy) is 1. The molecule has 0 radical (unpaired) electrons. The van der Waals surface area contributed by atoms with Gasteiger partial charge in [-0.05, 0) is 35.9 Å². The molecule has 0 atom stereocenters. The number of nitrogens with one attached hydrogen (secondary N) is 1. The number of halogens is 5. The van der Waals surface area contributed by atoms with Crippen LogP contribution in [0.15, 0.2) is 24.3 Å². The van der Waals surface area contributed by atoms with Gasteiger partial charge in [0.15, 0.2) is 0 Å². The van der Waals surface area contributed by atoms with E-state index in [2.05, 4.69) is 55.1 Å². The van der Waals surface area contributed by atoms with Crippen LogP contribution in [0.2, 0.25) is 0 Å². The number of carbonyl (C=O) groups excluding carboxylic acids is 1. The molecule has 0 heterocycles. The van der Waals surface area contributed by atoms with Crippen molar-refractivity contribution >= 4 is 5.97 Å². The monoisotopic (exact) mass is 443 g/mol. The number of esters is 1. The molecule has 0 aromatic heterocycles. The fraction of sp³-hybridized carbons (Fsp3) is 0.435. The lowest BCUT2D eigenvalue weighted by Gasteiger charge is -2.19. The molecule has 2 aromatic rings. The van der Waals surface area contributed by atoms with Crippen molar-refractivity contribution in [2.75, 3.05) is 6.54 Å². The molecule has 1 N–H and O–H groups in total. The molecule has 0 saturated carbocycles. The minimum Gasteiger partial charge on any atom is -0.420 e. The molecule has 2 rings (SSSR count). The topological polar surface area (TPSA) is 38.3 Å². The molecule has 8 heteroatoms. The van der Waals surface area contributed by atoms with Crippen molar-refractivity contribution in [3.05, 3.63) is 64.5 Å². The first kappa shape index (κ1) is 24.8. The molecule has 0 spiro atoms. The Hall–Kier alpha value is -2.48. The first-order chi connectivity index (χ1) is 14.5. The summed E-state index contributed by atoms with van der Waals surface area (Å²) in [6.07, 6.45) is 1.53. The summed E-state index contributed by atoms with van der Waals surface area (Å²) in [4.78, 5) is 11.7. The molecule has 0 aliphatic rings. The molecule has 3 nitrogen and oxygen atoms in total. The van der Waals surface area contributed by atoms with Crippen molar-refractivity contribution in [1.82, 2.24) is 5.32 Å². The number of unbranched alkanes of at least 4 members (excludes halogenated alkanes) is 2. The van der Waals surface area contributed by atoms with Gasteiger partial charge in [0, 0.05) is 13.0 Å². The largest absolute Gasteiger partial charge is 0.420 e. The predicted octanol–water partition coefficient (Wildman–Crippen LogP) is 5.94. The highest BCUT2D eigenvalue weighted by Crippen LogP contribution is 2.29. The van der Waals surface area contributed by atoms with Gasteiger partial charge in [-0.3, -0.25) is 4.79 Å². The van der Waals surface area contributed by atoms with Gasteiger partial charge in [-0.15, -0.1) is 0 Å². The van der Waals surface area contributed by atoms with Crippen LogP contribution in [0.5, 0.6) is 5.75 Å². The van der Waals surface area contributed by atoms with E-state index in [1.54, 1.807) is 0 Å². The Morgan fingerprint density at radius 1 is 0.839 bits per heavy atom. The second-order valence-electron chi connectivity index (χ2n) is 8.31. The van der Waals surface area contributed by atoms with Gasteiger partial charge in [0.25, 0.3) is 0 Å². The molecule has 31 heavy (non-hydrogen) atoms. The minimum atomic E-state index is -2.30. The maximum atomic E-state index is 13.5. The van der Waals surface area contributed by atoms with E-state index < -0.39 is 40.8 Å². The summed E-state index contributed by atoms with van der Waals surface area (Å²) in [5.74, 6) is -13.6. The third-order valence-electron chi connectivity index (χ3n) is 4.77. The molecule has 0 aliphatic heterocycles. The van der Waals surface area contributed by atoms with Crippen LogP contribution in [0.25, 0.3) is 0 Å². The number of hydrogen-bond donors (Lipinski definition) is 1. The van der Waals surface area contributed by atoms with Crippen LogP contribution in [-0.4, -0.2) is 12.5 Å². The fourth-order valence-electron chi connectivity index (χ4n) is 2.89. The van der Waals surface area contributed by atoms with Gasteiger partial charge >= 0.3 is 5.97 Å². The van der Waals surface area contributed by atoms with E-state index in [0.29, 0.717) is 25.9 Å². The normalized spacial score (nSPS) is 11.6. The lowest BCUT2D eigenvalue weighted by Crippen LogP contribution is -2.16. The quantitative estimate of drug-likeness (QED) is 0.130. The van der Waals surface area contributed by atoms with Crippen LogP contribution in [0.3, 0.4) is 0 Å². The zero-order valence-corrected chi connectivity index (χ0v) is 17.8. The third-order valence-corrected chi connectivity index (χ3v) is 4.77. The highest BCUT2D eigenvalue weighted by Gasteiger charge is 2.28. The number of benzene rings is 2. The van der Waals surface area contributed by atoms with Crippen LogP contribution in [-0.2, 0) is 16.8 Å².